The Bertz CT molecular complexity index is 997. The lowest BCUT2D eigenvalue weighted by Gasteiger charge is -2.22. The van der Waals surface area contributed by atoms with Crippen molar-refractivity contribution >= 4 is 10.0 Å². The number of nitrogens with one attached hydrogen (secondary N) is 1. The highest BCUT2D eigenvalue weighted by Gasteiger charge is 2.33. The average molecular weight is 445 g/mol. The van der Waals surface area contributed by atoms with E-state index in [1.807, 2.05) is 16.9 Å². The summed E-state index contributed by atoms with van der Waals surface area (Å²) in [4.78, 5) is -1.81. The first-order chi connectivity index (χ1) is 14.1. The molecule has 0 amide bonds. The Hall–Kier alpha value is -2.13. The molecule has 2 aromatic rings. The number of halogens is 4. The fourth-order valence-electron chi connectivity index (χ4n) is 3.96. The maximum atomic E-state index is 13.9. The zero-order chi connectivity index (χ0) is 22.1. The number of phenols is 1. The third kappa shape index (κ3) is 4.46. The minimum absolute atomic E-state index is 0.328. The van der Waals surface area contributed by atoms with Crippen LogP contribution in [0.2, 0.25) is 0 Å². The van der Waals surface area contributed by atoms with Crippen molar-refractivity contribution in [1.29, 1.82) is 0 Å². The van der Waals surface area contributed by atoms with Crippen molar-refractivity contribution in [3.8, 4) is 5.75 Å². The molecule has 2 unspecified atom stereocenters. The van der Waals surface area contributed by atoms with Crippen LogP contribution in [-0.4, -0.2) is 13.5 Å². The summed E-state index contributed by atoms with van der Waals surface area (Å²) in [6, 6.07) is 7.22. The molecule has 0 aromatic heterocycles. The van der Waals surface area contributed by atoms with Crippen LogP contribution < -0.4 is 4.72 Å². The third-order valence-electron chi connectivity index (χ3n) is 5.70. The quantitative estimate of drug-likeness (QED) is 0.382. The van der Waals surface area contributed by atoms with Crippen LogP contribution >= 0.6 is 0 Å². The van der Waals surface area contributed by atoms with Crippen molar-refractivity contribution in [2.45, 2.75) is 56.4 Å². The lowest BCUT2D eigenvalue weighted by atomic mass is 9.83. The van der Waals surface area contributed by atoms with Crippen LogP contribution in [0.3, 0.4) is 0 Å². The molecular weight excluding hydrogens is 422 g/mol. The Morgan fingerprint density at radius 1 is 0.933 bits per heavy atom. The number of hydrogen-bond donors (Lipinski definition) is 2. The van der Waals surface area contributed by atoms with E-state index in [0.29, 0.717) is 17.4 Å². The number of rotatable bonds is 5. The molecule has 2 N–H and O–H groups in total. The van der Waals surface area contributed by atoms with E-state index in [-0.39, 0.29) is 6.54 Å². The minimum Gasteiger partial charge on any atom is -0.503 e. The first-order valence-corrected chi connectivity index (χ1v) is 11.2. The summed E-state index contributed by atoms with van der Waals surface area (Å²) in [5.74, 6) is -9.65. The summed E-state index contributed by atoms with van der Waals surface area (Å²) in [6.45, 7) is 1.89. The van der Waals surface area contributed by atoms with Gasteiger partial charge in [0.2, 0.25) is 21.7 Å². The molecule has 0 bridgehead atoms. The molecule has 4 nitrogen and oxygen atoms in total. The second-order valence-corrected chi connectivity index (χ2v) is 9.43. The van der Waals surface area contributed by atoms with E-state index in [4.69, 9.17) is 5.11 Å². The van der Waals surface area contributed by atoms with Crippen molar-refractivity contribution < 1.29 is 31.1 Å². The molecule has 0 spiro atoms. The van der Waals surface area contributed by atoms with E-state index in [2.05, 4.69) is 6.92 Å². The van der Waals surface area contributed by atoms with Crippen molar-refractivity contribution in [2.24, 2.45) is 5.92 Å². The van der Waals surface area contributed by atoms with E-state index in [1.54, 1.807) is 12.1 Å². The predicted molar refractivity (Wildman–Crippen MR) is 103 cm³/mol. The van der Waals surface area contributed by atoms with Gasteiger partial charge in [-0.05, 0) is 29.4 Å². The Morgan fingerprint density at radius 2 is 1.50 bits per heavy atom. The van der Waals surface area contributed by atoms with Crippen LogP contribution in [0.25, 0.3) is 0 Å². The first-order valence-electron chi connectivity index (χ1n) is 9.77. The van der Waals surface area contributed by atoms with Gasteiger partial charge in [0, 0.05) is 6.54 Å². The van der Waals surface area contributed by atoms with Crippen LogP contribution in [0.1, 0.15) is 56.1 Å². The molecule has 2 aromatic carbocycles. The minimum atomic E-state index is -4.92. The van der Waals surface area contributed by atoms with Gasteiger partial charge >= 0.3 is 0 Å². The van der Waals surface area contributed by atoms with E-state index in [1.165, 1.54) is 12.8 Å². The molecule has 9 heteroatoms. The number of hydrogen-bond acceptors (Lipinski definition) is 3. The van der Waals surface area contributed by atoms with Gasteiger partial charge in [0.25, 0.3) is 0 Å². The molecular formula is C21H23F4NO3S. The summed E-state index contributed by atoms with van der Waals surface area (Å²) in [5.41, 5.74) is 1.67. The van der Waals surface area contributed by atoms with Gasteiger partial charge in [-0.1, -0.05) is 56.9 Å². The van der Waals surface area contributed by atoms with Gasteiger partial charge in [0.05, 0.1) is 0 Å². The van der Waals surface area contributed by atoms with E-state index in [9.17, 15) is 26.0 Å². The Balaban J connectivity index is 1.77. The topological polar surface area (TPSA) is 66.4 Å². The highest BCUT2D eigenvalue weighted by atomic mass is 32.2. The Labute approximate surface area is 173 Å². The summed E-state index contributed by atoms with van der Waals surface area (Å²) in [7, 11) is -4.92. The van der Waals surface area contributed by atoms with E-state index in [0.717, 1.165) is 24.8 Å². The van der Waals surface area contributed by atoms with Crippen LogP contribution in [0.5, 0.6) is 5.75 Å². The molecule has 0 aliphatic heterocycles. The van der Waals surface area contributed by atoms with E-state index >= 15 is 0 Å². The average Bonchev–Trinajstić information content (AvgIpc) is 2.94. The second kappa shape index (κ2) is 8.93. The van der Waals surface area contributed by atoms with Crippen LogP contribution in [0.4, 0.5) is 17.6 Å². The zero-order valence-corrected chi connectivity index (χ0v) is 17.2. The highest BCUT2D eigenvalue weighted by molar-refractivity contribution is 7.89. The normalized spacial score (nSPS) is 20.2. The Kier molecular flexibility index (Phi) is 6.71. The first kappa shape index (κ1) is 22.6. The molecule has 0 heterocycles. The van der Waals surface area contributed by atoms with Gasteiger partial charge in [-0.3, -0.25) is 0 Å². The SMILES string of the molecule is CC1CCCCCC1c1ccc(CNS(=O)(=O)c2c(F)c(F)c(O)c(F)c2F)cc1. The van der Waals surface area contributed by atoms with Crippen LogP contribution in [0, 0.1) is 29.2 Å². The van der Waals surface area contributed by atoms with Crippen LogP contribution in [-0.2, 0) is 16.6 Å². The molecule has 0 radical (unpaired) electrons. The molecule has 164 valence electrons. The summed E-state index contributed by atoms with van der Waals surface area (Å²) in [6.07, 6.45) is 5.83. The standard InChI is InChI=1S/C21H23F4NO3S/c1-12-5-3-2-4-6-15(12)14-9-7-13(8-10-14)11-26-30(28,29)21-18(24)16(22)20(27)17(23)19(21)25/h7-10,12,15,26-27H,2-6,11H2,1H3. The molecule has 1 saturated carbocycles. The molecule has 1 fully saturated rings. The molecule has 30 heavy (non-hydrogen) atoms. The van der Waals surface area contributed by atoms with Gasteiger partial charge in [-0.15, -0.1) is 0 Å². The van der Waals surface area contributed by atoms with Crippen LogP contribution in [0.15, 0.2) is 29.2 Å². The smallest absolute Gasteiger partial charge is 0.246 e. The van der Waals surface area contributed by atoms with Crippen molar-refractivity contribution in [3.63, 3.8) is 0 Å². The fraction of sp³-hybridized carbons (Fsp3) is 0.429. The summed E-state index contributed by atoms with van der Waals surface area (Å²) < 4.78 is 81.2. The van der Waals surface area contributed by atoms with Gasteiger partial charge in [-0.25, -0.2) is 21.9 Å². The third-order valence-corrected chi connectivity index (χ3v) is 7.12. The number of sulfonamides is 1. The van der Waals surface area contributed by atoms with Gasteiger partial charge in [-0.2, -0.15) is 8.78 Å². The molecule has 3 rings (SSSR count). The fourth-order valence-corrected chi connectivity index (χ4v) is 5.11. The van der Waals surface area contributed by atoms with Gasteiger partial charge < -0.3 is 5.11 Å². The van der Waals surface area contributed by atoms with Crippen molar-refractivity contribution in [2.75, 3.05) is 0 Å². The largest absolute Gasteiger partial charge is 0.503 e. The maximum absolute atomic E-state index is 13.9. The number of aromatic hydroxyl groups is 1. The monoisotopic (exact) mass is 445 g/mol. The van der Waals surface area contributed by atoms with Gasteiger partial charge in [0.15, 0.2) is 22.3 Å². The lowest BCUT2D eigenvalue weighted by Crippen LogP contribution is -2.26. The Morgan fingerprint density at radius 3 is 2.10 bits per heavy atom. The highest BCUT2D eigenvalue weighted by Crippen LogP contribution is 2.36. The summed E-state index contributed by atoms with van der Waals surface area (Å²) in [5, 5.41) is 8.99. The van der Waals surface area contributed by atoms with E-state index < -0.39 is 43.9 Å². The molecule has 0 saturated heterocycles. The van der Waals surface area contributed by atoms with Crippen molar-refractivity contribution in [3.05, 3.63) is 58.7 Å². The lowest BCUT2D eigenvalue weighted by molar-refractivity contribution is 0.342. The molecule has 1 aliphatic carbocycles. The zero-order valence-electron chi connectivity index (χ0n) is 16.4. The summed E-state index contributed by atoms with van der Waals surface area (Å²) >= 11 is 0. The van der Waals surface area contributed by atoms with Gasteiger partial charge in [0.1, 0.15) is 0 Å². The maximum Gasteiger partial charge on any atom is 0.246 e. The number of phenolic OH excluding ortho intramolecular Hbond substituents is 1. The second-order valence-electron chi connectivity index (χ2n) is 7.72. The number of benzene rings is 2. The predicted octanol–water partition coefficient (Wildman–Crippen LogP) is 5.11. The molecule has 1 aliphatic rings. The molecule has 2 atom stereocenters. The van der Waals surface area contributed by atoms with Crippen molar-refractivity contribution in [1.82, 2.24) is 4.72 Å².